The third-order valence-electron chi connectivity index (χ3n) is 3.17. The molecule has 0 unspecified atom stereocenters. The summed E-state index contributed by atoms with van der Waals surface area (Å²) < 4.78 is 0. The molecule has 0 radical (unpaired) electrons. The summed E-state index contributed by atoms with van der Waals surface area (Å²) in [7, 11) is 0. The lowest BCUT2D eigenvalue weighted by atomic mass is 10.1. The molecule has 2 N–H and O–H groups in total. The molecule has 3 nitrogen and oxygen atoms in total. The van der Waals surface area contributed by atoms with Gasteiger partial charge in [-0.1, -0.05) is 36.4 Å². The molecule has 0 saturated heterocycles. The van der Waals surface area contributed by atoms with Gasteiger partial charge >= 0.3 is 0 Å². The Hall–Kier alpha value is -2.29. The minimum atomic E-state index is 0.739. The number of nitrogens with zero attached hydrogens (tertiary/aromatic N) is 1. The van der Waals surface area contributed by atoms with Gasteiger partial charge in [0.15, 0.2) is 0 Å². The Morgan fingerprint density at radius 3 is 2.78 bits per heavy atom. The fourth-order valence-corrected chi connectivity index (χ4v) is 2.12. The van der Waals surface area contributed by atoms with E-state index >= 15 is 0 Å². The summed E-state index contributed by atoms with van der Waals surface area (Å²) in [6.45, 7) is 2.77. The molecule has 0 atom stereocenters. The molecular formula is C15H15N3. The van der Waals surface area contributed by atoms with Gasteiger partial charge in [-0.2, -0.15) is 0 Å². The highest BCUT2D eigenvalue weighted by Gasteiger charge is 2.03. The molecule has 0 aliphatic heterocycles. The maximum Gasteiger partial charge on any atom is 0.0925 e. The second kappa shape index (κ2) is 4.53. The van der Waals surface area contributed by atoms with Crippen molar-refractivity contribution in [3.8, 4) is 0 Å². The van der Waals surface area contributed by atoms with E-state index in [1.807, 2.05) is 6.92 Å². The lowest BCUT2D eigenvalue weighted by Gasteiger charge is -2.09. The molecule has 3 aromatic rings. The Bertz CT molecular complexity index is 665. The van der Waals surface area contributed by atoms with Crippen molar-refractivity contribution < 1.29 is 0 Å². The van der Waals surface area contributed by atoms with Crippen LogP contribution in [0.2, 0.25) is 0 Å². The van der Waals surface area contributed by atoms with Crippen molar-refractivity contribution in [1.82, 2.24) is 9.97 Å². The SMILES string of the molecule is Cc1[nH]cnc1CNc1cccc2ccccc12. The summed E-state index contributed by atoms with van der Waals surface area (Å²) in [5, 5.41) is 5.94. The van der Waals surface area contributed by atoms with Gasteiger partial charge in [0.1, 0.15) is 0 Å². The number of anilines is 1. The predicted octanol–water partition coefficient (Wildman–Crippen LogP) is 3.48. The predicted molar refractivity (Wildman–Crippen MR) is 74.6 cm³/mol. The van der Waals surface area contributed by atoms with Crippen LogP contribution in [0.25, 0.3) is 10.8 Å². The maximum absolute atomic E-state index is 4.29. The smallest absolute Gasteiger partial charge is 0.0925 e. The normalized spacial score (nSPS) is 10.7. The van der Waals surface area contributed by atoms with E-state index in [1.165, 1.54) is 10.8 Å². The van der Waals surface area contributed by atoms with Gasteiger partial charge in [0.25, 0.3) is 0 Å². The molecule has 0 amide bonds. The summed E-state index contributed by atoms with van der Waals surface area (Å²) in [6, 6.07) is 14.7. The number of fused-ring (bicyclic) bond motifs is 1. The van der Waals surface area contributed by atoms with E-state index in [0.29, 0.717) is 0 Å². The van der Waals surface area contributed by atoms with E-state index in [1.54, 1.807) is 6.33 Å². The molecule has 18 heavy (non-hydrogen) atoms. The summed E-state index contributed by atoms with van der Waals surface area (Å²) in [5.74, 6) is 0. The van der Waals surface area contributed by atoms with Crippen molar-refractivity contribution in [2.24, 2.45) is 0 Å². The van der Waals surface area contributed by atoms with Gasteiger partial charge < -0.3 is 10.3 Å². The fourth-order valence-electron chi connectivity index (χ4n) is 2.12. The van der Waals surface area contributed by atoms with Gasteiger partial charge in [0.05, 0.1) is 18.6 Å². The topological polar surface area (TPSA) is 40.7 Å². The first-order valence-corrected chi connectivity index (χ1v) is 6.05. The van der Waals surface area contributed by atoms with Crippen LogP contribution >= 0.6 is 0 Å². The van der Waals surface area contributed by atoms with Crippen molar-refractivity contribution in [1.29, 1.82) is 0 Å². The van der Waals surface area contributed by atoms with E-state index in [2.05, 4.69) is 57.7 Å². The lowest BCUT2D eigenvalue weighted by molar-refractivity contribution is 1.05. The minimum Gasteiger partial charge on any atom is -0.379 e. The fraction of sp³-hybridized carbons (Fsp3) is 0.133. The van der Waals surface area contributed by atoms with Crippen molar-refractivity contribution >= 4 is 16.5 Å². The molecule has 1 heterocycles. The zero-order valence-corrected chi connectivity index (χ0v) is 10.3. The van der Waals surface area contributed by atoms with Crippen LogP contribution in [0.15, 0.2) is 48.8 Å². The number of imidazole rings is 1. The maximum atomic E-state index is 4.29. The van der Waals surface area contributed by atoms with Crippen molar-refractivity contribution in [3.05, 3.63) is 60.2 Å². The molecule has 0 aliphatic rings. The molecule has 3 heteroatoms. The first-order valence-electron chi connectivity index (χ1n) is 6.05. The van der Waals surface area contributed by atoms with Gasteiger partial charge in [-0.05, 0) is 18.4 Å². The number of nitrogens with one attached hydrogen (secondary N) is 2. The number of hydrogen-bond donors (Lipinski definition) is 2. The average molecular weight is 237 g/mol. The average Bonchev–Trinajstić information content (AvgIpc) is 2.82. The molecule has 0 fully saturated rings. The van der Waals surface area contributed by atoms with Crippen molar-refractivity contribution in [3.63, 3.8) is 0 Å². The number of aromatic nitrogens is 2. The van der Waals surface area contributed by atoms with Crippen LogP contribution in [0.5, 0.6) is 0 Å². The number of hydrogen-bond acceptors (Lipinski definition) is 2. The van der Waals surface area contributed by atoms with E-state index in [-0.39, 0.29) is 0 Å². The summed E-state index contributed by atoms with van der Waals surface area (Å²) in [5.41, 5.74) is 3.32. The van der Waals surface area contributed by atoms with E-state index in [0.717, 1.165) is 23.6 Å². The molecule has 2 aromatic carbocycles. The Morgan fingerprint density at radius 2 is 1.94 bits per heavy atom. The summed E-state index contributed by atoms with van der Waals surface area (Å²) in [4.78, 5) is 7.38. The Labute approximate surface area is 106 Å². The van der Waals surface area contributed by atoms with Crippen molar-refractivity contribution in [2.45, 2.75) is 13.5 Å². The second-order valence-corrected chi connectivity index (χ2v) is 4.35. The second-order valence-electron chi connectivity index (χ2n) is 4.35. The van der Waals surface area contributed by atoms with Gasteiger partial charge in [-0.3, -0.25) is 0 Å². The highest BCUT2D eigenvalue weighted by atomic mass is 14.9. The molecule has 3 rings (SSSR count). The molecule has 0 aliphatic carbocycles. The van der Waals surface area contributed by atoms with Crippen LogP contribution in [-0.2, 0) is 6.54 Å². The standard InChI is InChI=1S/C15H15N3/c1-11-15(18-10-17-11)9-16-14-8-4-6-12-5-2-3-7-13(12)14/h2-8,10,16H,9H2,1H3,(H,17,18). The Balaban J connectivity index is 1.89. The van der Waals surface area contributed by atoms with Gasteiger partial charge in [0.2, 0.25) is 0 Å². The molecule has 90 valence electrons. The first kappa shape index (κ1) is 10.8. The number of benzene rings is 2. The molecular weight excluding hydrogens is 222 g/mol. The number of aryl methyl sites for hydroxylation is 1. The summed E-state index contributed by atoms with van der Waals surface area (Å²) in [6.07, 6.45) is 1.73. The third kappa shape index (κ3) is 1.95. The van der Waals surface area contributed by atoms with E-state index in [4.69, 9.17) is 0 Å². The Kier molecular flexibility index (Phi) is 2.73. The van der Waals surface area contributed by atoms with Crippen LogP contribution in [0.1, 0.15) is 11.4 Å². The van der Waals surface area contributed by atoms with Crippen LogP contribution in [0.4, 0.5) is 5.69 Å². The van der Waals surface area contributed by atoms with Crippen molar-refractivity contribution in [2.75, 3.05) is 5.32 Å². The van der Waals surface area contributed by atoms with E-state index in [9.17, 15) is 0 Å². The third-order valence-corrected chi connectivity index (χ3v) is 3.17. The van der Waals surface area contributed by atoms with Crippen LogP contribution < -0.4 is 5.32 Å². The first-order chi connectivity index (χ1) is 8.84. The molecule has 1 aromatic heterocycles. The highest BCUT2D eigenvalue weighted by Crippen LogP contribution is 2.23. The quantitative estimate of drug-likeness (QED) is 0.732. The lowest BCUT2D eigenvalue weighted by Crippen LogP contribution is -2.01. The van der Waals surface area contributed by atoms with Gasteiger partial charge in [-0.25, -0.2) is 4.98 Å². The molecule has 0 bridgehead atoms. The van der Waals surface area contributed by atoms with Crippen LogP contribution in [0, 0.1) is 6.92 Å². The summed E-state index contributed by atoms with van der Waals surface area (Å²) >= 11 is 0. The zero-order chi connectivity index (χ0) is 12.4. The van der Waals surface area contributed by atoms with E-state index < -0.39 is 0 Å². The highest BCUT2D eigenvalue weighted by molar-refractivity contribution is 5.93. The van der Waals surface area contributed by atoms with Gasteiger partial charge in [0, 0.05) is 16.8 Å². The number of aromatic amines is 1. The Morgan fingerprint density at radius 1 is 1.11 bits per heavy atom. The largest absolute Gasteiger partial charge is 0.379 e. The van der Waals surface area contributed by atoms with Gasteiger partial charge in [-0.15, -0.1) is 0 Å². The molecule has 0 spiro atoms. The molecule has 0 saturated carbocycles. The number of H-pyrrole nitrogens is 1. The minimum absolute atomic E-state index is 0.739. The van der Waals surface area contributed by atoms with Crippen LogP contribution in [-0.4, -0.2) is 9.97 Å². The zero-order valence-electron chi connectivity index (χ0n) is 10.3. The number of rotatable bonds is 3. The van der Waals surface area contributed by atoms with Crippen LogP contribution in [0.3, 0.4) is 0 Å². The monoisotopic (exact) mass is 237 g/mol.